The minimum absolute atomic E-state index is 0.279. The second kappa shape index (κ2) is 8.64. The van der Waals surface area contributed by atoms with Crippen LogP contribution < -0.4 is 5.32 Å². The number of aromatic nitrogens is 3. The fourth-order valence-corrected chi connectivity index (χ4v) is 3.48. The monoisotopic (exact) mass is 480 g/mol. The summed E-state index contributed by atoms with van der Waals surface area (Å²) in [6, 6.07) is 12.9. The number of benzene rings is 2. The first-order chi connectivity index (χ1) is 13.2. The van der Waals surface area contributed by atoms with E-state index in [-0.39, 0.29) is 5.91 Å². The molecule has 28 heavy (non-hydrogen) atoms. The predicted molar refractivity (Wildman–Crippen MR) is 115 cm³/mol. The predicted octanol–water partition coefficient (Wildman–Crippen LogP) is 5.26. The Hall–Kier alpha value is -1.89. The van der Waals surface area contributed by atoms with Crippen molar-refractivity contribution in [3.05, 3.63) is 80.0 Å². The fourth-order valence-electron chi connectivity index (χ4n) is 2.69. The van der Waals surface area contributed by atoms with E-state index < -0.39 is 5.54 Å². The molecule has 1 amide bonds. The molecule has 1 N–H and O–H groups in total. The average molecular weight is 482 g/mol. The molecule has 1 heterocycles. The van der Waals surface area contributed by atoms with Crippen LogP contribution in [0.15, 0.2) is 53.1 Å². The molecule has 1 aromatic heterocycles. The van der Waals surface area contributed by atoms with Gasteiger partial charge >= 0.3 is 0 Å². The largest absolute Gasteiger partial charge is 0.341 e. The molecule has 0 aliphatic carbocycles. The highest BCUT2D eigenvalue weighted by Crippen LogP contribution is 2.22. The minimum Gasteiger partial charge on any atom is -0.341 e. The Morgan fingerprint density at radius 3 is 2.43 bits per heavy atom. The summed E-state index contributed by atoms with van der Waals surface area (Å²) in [4.78, 5) is 12.6. The lowest BCUT2D eigenvalue weighted by molar-refractivity contribution is 0.0910. The van der Waals surface area contributed by atoms with Crippen LogP contribution in [0.1, 0.15) is 35.5 Å². The third-order valence-electron chi connectivity index (χ3n) is 4.27. The molecule has 0 radical (unpaired) electrons. The van der Waals surface area contributed by atoms with Crippen molar-refractivity contribution in [3.8, 4) is 0 Å². The number of aryl methyl sites for hydroxylation is 2. The number of halogens is 3. The molecule has 0 unspecified atom stereocenters. The molecule has 3 aromatic rings. The number of rotatable bonds is 6. The molecule has 3 rings (SSSR count). The summed E-state index contributed by atoms with van der Waals surface area (Å²) in [5.74, 6) is -0.279. The van der Waals surface area contributed by atoms with E-state index in [2.05, 4.69) is 43.7 Å². The van der Waals surface area contributed by atoms with Gasteiger partial charge in [0.15, 0.2) is 0 Å². The molecule has 0 saturated carbocycles. The van der Waals surface area contributed by atoms with Gasteiger partial charge in [0.1, 0.15) is 5.69 Å². The van der Waals surface area contributed by atoms with E-state index in [9.17, 15) is 4.79 Å². The standard InChI is InChI=1S/C20H19BrCl2N4O/c1-20(2,24-19(28)14-9-16(22)11-17(23)10-14)18-12-27(26-25-18)8-7-13-3-5-15(21)6-4-13/h3-6,9-12H,7-8H2,1-2H3,(H,24,28). The first-order valence-corrected chi connectivity index (χ1v) is 10.2. The second-order valence-electron chi connectivity index (χ2n) is 6.98. The Labute approximate surface area is 182 Å². The summed E-state index contributed by atoms with van der Waals surface area (Å²) in [5.41, 5.74) is 1.57. The number of nitrogens with one attached hydrogen (secondary N) is 1. The third kappa shape index (κ3) is 5.34. The highest BCUT2D eigenvalue weighted by atomic mass is 79.9. The lowest BCUT2D eigenvalue weighted by atomic mass is 10.0. The van der Waals surface area contributed by atoms with Crippen LogP contribution in [0.4, 0.5) is 0 Å². The third-order valence-corrected chi connectivity index (χ3v) is 5.24. The van der Waals surface area contributed by atoms with Crippen LogP contribution in [0.3, 0.4) is 0 Å². The van der Waals surface area contributed by atoms with E-state index >= 15 is 0 Å². The zero-order chi connectivity index (χ0) is 20.3. The maximum Gasteiger partial charge on any atom is 0.252 e. The van der Waals surface area contributed by atoms with Crippen LogP contribution in [0, 0.1) is 0 Å². The van der Waals surface area contributed by atoms with E-state index in [4.69, 9.17) is 23.2 Å². The number of hydrogen-bond acceptors (Lipinski definition) is 3. The van der Waals surface area contributed by atoms with Crippen LogP contribution in [0.25, 0.3) is 0 Å². The van der Waals surface area contributed by atoms with Crippen molar-refractivity contribution in [1.29, 1.82) is 0 Å². The van der Waals surface area contributed by atoms with Crippen molar-refractivity contribution < 1.29 is 4.79 Å². The summed E-state index contributed by atoms with van der Waals surface area (Å²) in [5, 5.41) is 12.2. The summed E-state index contributed by atoms with van der Waals surface area (Å²) in [6.07, 6.45) is 2.69. The fraction of sp³-hybridized carbons (Fsp3) is 0.250. The Bertz CT molecular complexity index is 966. The first-order valence-electron chi connectivity index (χ1n) is 8.66. The Kier molecular flexibility index (Phi) is 6.43. The van der Waals surface area contributed by atoms with Gasteiger partial charge in [0.05, 0.1) is 11.7 Å². The molecule has 2 aromatic carbocycles. The summed E-state index contributed by atoms with van der Waals surface area (Å²) < 4.78 is 2.83. The van der Waals surface area contributed by atoms with Gasteiger partial charge in [0.2, 0.25) is 0 Å². The molecule has 5 nitrogen and oxygen atoms in total. The lowest BCUT2D eigenvalue weighted by Crippen LogP contribution is -2.41. The molecular weight excluding hydrogens is 463 g/mol. The van der Waals surface area contributed by atoms with E-state index in [1.807, 2.05) is 32.2 Å². The van der Waals surface area contributed by atoms with Gasteiger partial charge in [-0.1, -0.05) is 56.5 Å². The van der Waals surface area contributed by atoms with Crippen LogP contribution in [-0.4, -0.2) is 20.9 Å². The molecule has 146 valence electrons. The van der Waals surface area contributed by atoms with E-state index in [0.717, 1.165) is 10.9 Å². The second-order valence-corrected chi connectivity index (χ2v) is 8.77. The Morgan fingerprint density at radius 1 is 1.14 bits per heavy atom. The van der Waals surface area contributed by atoms with Crippen molar-refractivity contribution in [3.63, 3.8) is 0 Å². The van der Waals surface area contributed by atoms with Gasteiger partial charge < -0.3 is 5.32 Å². The summed E-state index contributed by atoms with van der Waals surface area (Å²) in [7, 11) is 0. The zero-order valence-electron chi connectivity index (χ0n) is 15.4. The van der Waals surface area contributed by atoms with Crippen molar-refractivity contribution in [2.24, 2.45) is 0 Å². The average Bonchev–Trinajstić information content (AvgIpc) is 3.10. The Balaban J connectivity index is 1.66. The molecule has 0 aliphatic heterocycles. The highest BCUT2D eigenvalue weighted by Gasteiger charge is 2.27. The van der Waals surface area contributed by atoms with Gasteiger partial charge in [-0.15, -0.1) is 5.10 Å². The molecule has 0 aliphatic rings. The maximum absolute atomic E-state index is 12.6. The summed E-state index contributed by atoms with van der Waals surface area (Å²) in [6.45, 7) is 4.45. The van der Waals surface area contributed by atoms with E-state index in [1.165, 1.54) is 5.56 Å². The highest BCUT2D eigenvalue weighted by molar-refractivity contribution is 9.10. The molecule has 0 atom stereocenters. The van der Waals surface area contributed by atoms with Crippen LogP contribution in [0.5, 0.6) is 0 Å². The lowest BCUT2D eigenvalue weighted by Gasteiger charge is -2.23. The SMILES string of the molecule is CC(C)(NC(=O)c1cc(Cl)cc(Cl)c1)c1cn(CCc2ccc(Br)cc2)nn1. The van der Waals surface area contributed by atoms with Crippen LogP contribution >= 0.6 is 39.1 Å². The molecular formula is C20H19BrCl2N4O. The number of amides is 1. The Morgan fingerprint density at radius 2 is 1.79 bits per heavy atom. The van der Waals surface area contributed by atoms with Crippen molar-refractivity contribution >= 4 is 45.0 Å². The maximum atomic E-state index is 12.6. The van der Waals surface area contributed by atoms with Gasteiger partial charge in [-0.25, -0.2) is 0 Å². The molecule has 0 fully saturated rings. The smallest absolute Gasteiger partial charge is 0.252 e. The van der Waals surface area contributed by atoms with Gasteiger partial charge in [-0.3, -0.25) is 9.48 Å². The molecule has 8 heteroatoms. The molecule has 0 spiro atoms. The van der Waals surface area contributed by atoms with E-state index in [0.29, 0.717) is 27.8 Å². The normalized spacial score (nSPS) is 11.5. The van der Waals surface area contributed by atoms with Crippen molar-refractivity contribution in [1.82, 2.24) is 20.3 Å². The molecule has 0 saturated heterocycles. The van der Waals surface area contributed by atoms with Crippen LogP contribution in [-0.2, 0) is 18.5 Å². The number of carbonyl (C=O) groups excluding carboxylic acids is 1. The molecule has 0 bridgehead atoms. The zero-order valence-corrected chi connectivity index (χ0v) is 18.5. The van der Waals surface area contributed by atoms with Gasteiger partial charge in [0, 0.05) is 26.6 Å². The van der Waals surface area contributed by atoms with Crippen LogP contribution in [0.2, 0.25) is 10.0 Å². The van der Waals surface area contributed by atoms with Crippen molar-refractivity contribution in [2.75, 3.05) is 0 Å². The first kappa shape index (κ1) is 20.8. The topological polar surface area (TPSA) is 59.8 Å². The number of hydrogen-bond donors (Lipinski definition) is 1. The quantitative estimate of drug-likeness (QED) is 0.522. The van der Waals surface area contributed by atoms with Gasteiger partial charge in [-0.05, 0) is 56.2 Å². The van der Waals surface area contributed by atoms with Gasteiger partial charge in [-0.2, -0.15) is 0 Å². The van der Waals surface area contributed by atoms with Crippen molar-refractivity contribution in [2.45, 2.75) is 32.4 Å². The van der Waals surface area contributed by atoms with Gasteiger partial charge in [0.25, 0.3) is 5.91 Å². The number of carbonyl (C=O) groups is 1. The minimum atomic E-state index is -0.707. The van der Waals surface area contributed by atoms with E-state index in [1.54, 1.807) is 22.9 Å². The number of nitrogens with zero attached hydrogens (tertiary/aromatic N) is 3. The summed E-state index contributed by atoms with van der Waals surface area (Å²) >= 11 is 15.4.